The highest BCUT2D eigenvalue weighted by molar-refractivity contribution is 5.82. The fraction of sp³-hybridized carbons (Fsp3) is 0.720. The Labute approximate surface area is 226 Å². The maximum atomic E-state index is 12.6. The Bertz CT molecular complexity index is 1160. The van der Waals surface area contributed by atoms with E-state index >= 15 is 0 Å². The molecule has 39 heavy (non-hydrogen) atoms. The summed E-state index contributed by atoms with van der Waals surface area (Å²) < 4.78 is 13.0. The molecular formula is C25H38N8O6. The zero-order valence-electron chi connectivity index (χ0n) is 22.2. The van der Waals surface area contributed by atoms with Crippen LogP contribution in [0.2, 0.25) is 0 Å². The summed E-state index contributed by atoms with van der Waals surface area (Å²) in [6.45, 7) is 2.23. The molecule has 1 aliphatic carbocycles. The van der Waals surface area contributed by atoms with Crippen molar-refractivity contribution in [2.75, 3.05) is 45.6 Å². The fourth-order valence-electron chi connectivity index (χ4n) is 5.11. The number of aliphatic hydroxyl groups excluding tert-OH is 2. The number of likely N-dealkylation sites (N-methyl/N-ethyl adjacent to an activating group) is 1. The third-order valence-electron chi connectivity index (χ3n) is 7.61. The topological polar surface area (TPSA) is 181 Å². The Balaban J connectivity index is 1.18. The number of amides is 2. The van der Waals surface area contributed by atoms with Crippen LogP contribution in [-0.4, -0.2) is 116 Å². The van der Waals surface area contributed by atoms with Crippen molar-refractivity contribution in [3.63, 3.8) is 0 Å². The molecule has 5 rings (SSSR count). The molecule has 3 atom stereocenters. The highest BCUT2D eigenvalue weighted by Gasteiger charge is 2.33. The number of hydrogen-bond acceptors (Lipinski definition) is 11. The van der Waals surface area contributed by atoms with E-state index in [1.54, 1.807) is 9.47 Å². The Morgan fingerprint density at radius 2 is 1.95 bits per heavy atom. The molecule has 4 heterocycles. The van der Waals surface area contributed by atoms with E-state index in [0.717, 1.165) is 45.2 Å². The zero-order valence-corrected chi connectivity index (χ0v) is 22.2. The first-order chi connectivity index (χ1) is 18.8. The molecule has 0 aromatic carbocycles. The second kappa shape index (κ2) is 12.0. The van der Waals surface area contributed by atoms with Gasteiger partial charge in [-0.1, -0.05) is 0 Å². The van der Waals surface area contributed by atoms with E-state index in [1.807, 2.05) is 7.05 Å². The van der Waals surface area contributed by atoms with E-state index < -0.39 is 24.7 Å². The van der Waals surface area contributed by atoms with Crippen LogP contribution in [0.15, 0.2) is 6.33 Å². The first-order valence-corrected chi connectivity index (χ1v) is 13.6. The van der Waals surface area contributed by atoms with Gasteiger partial charge in [-0.3, -0.25) is 9.36 Å². The molecule has 14 heteroatoms. The van der Waals surface area contributed by atoms with Gasteiger partial charge in [0.15, 0.2) is 17.6 Å². The normalized spacial score (nSPS) is 22.2. The van der Waals surface area contributed by atoms with Gasteiger partial charge in [0, 0.05) is 38.6 Å². The SMILES string of the molecule is CN1CCC(OC(=O)N2CCC(Cc3nc(N)c4ncn(CO[C@H](C(=O)NC5CC5)C(O)CO)c4n3)CC2)C1. The van der Waals surface area contributed by atoms with E-state index in [4.69, 9.17) is 15.2 Å². The van der Waals surface area contributed by atoms with Gasteiger partial charge in [0.25, 0.3) is 5.91 Å². The molecular weight excluding hydrogens is 508 g/mol. The van der Waals surface area contributed by atoms with Crippen molar-refractivity contribution in [1.82, 2.24) is 34.6 Å². The quantitative estimate of drug-likeness (QED) is 0.301. The molecule has 3 aliphatic rings. The van der Waals surface area contributed by atoms with Gasteiger partial charge in [-0.25, -0.2) is 19.7 Å². The van der Waals surface area contributed by atoms with Crippen LogP contribution < -0.4 is 11.1 Å². The number of carbonyl (C=O) groups excluding carboxylic acids is 2. The molecule has 2 aromatic rings. The number of piperidine rings is 1. The molecule has 0 radical (unpaired) electrons. The van der Waals surface area contributed by atoms with Crippen LogP contribution in [0.1, 0.15) is 37.9 Å². The second-order valence-electron chi connectivity index (χ2n) is 10.9. The largest absolute Gasteiger partial charge is 0.445 e. The molecule has 1 saturated carbocycles. The van der Waals surface area contributed by atoms with Gasteiger partial charge in [0.1, 0.15) is 30.3 Å². The molecule has 5 N–H and O–H groups in total. The predicted molar refractivity (Wildman–Crippen MR) is 139 cm³/mol. The minimum absolute atomic E-state index is 0.0353. The van der Waals surface area contributed by atoms with Gasteiger partial charge in [-0.15, -0.1) is 0 Å². The molecule has 214 valence electrons. The lowest BCUT2D eigenvalue weighted by Crippen LogP contribution is -2.46. The van der Waals surface area contributed by atoms with E-state index in [-0.39, 0.29) is 36.7 Å². The number of nitrogens with one attached hydrogen (secondary N) is 1. The van der Waals surface area contributed by atoms with Gasteiger partial charge in [-0.05, 0) is 45.1 Å². The molecule has 0 bridgehead atoms. The Morgan fingerprint density at radius 3 is 2.62 bits per heavy atom. The van der Waals surface area contributed by atoms with E-state index in [1.165, 1.54) is 6.33 Å². The van der Waals surface area contributed by atoms with Crippen molar-refractivity contribution < 1.29 is 29.3 Å². The minimum Gasteiger partial charge on any atom is -0.445 e. The second-order valence-corrected chi connectivity index (χ2v) is 10.9. The third kappa shape index (κ3) is 6.75. The van der Waals surface area contributed by atoms with Crippen LogP contribution >= 0.6 is 0 Å². The van der Waals surface area contributed by atoms with Gasteiger partial charge in [0.05, 0.1) is 12.9 Å². The number of nitrogens with two attached hydrogens (primary N) is 1. The van der Waals surface area contributed by atoms with Crippen molar-refractivity contribution in [3.05, 3.63) is 12.2 Å². The summed E-state index contributed by atoms with van der Waals surface area (Å²) in [6, 6.07) is 0.0884. The van der Waals surface area contributed by atoms with E-state index in [2.05, 4.69) is 25.2 Å². The number of ether oxygens (including phenoxy) is 2. The monoisotopic (exact) mass is 546 g/mol. The summed E-state index contributed by atoms with van der Waals surface area (Å²) in [5, 5.41) is 22.3. The molecule has 0 spiro atoms. The van der Waals surface area contributed by atoms with Crippen molar-refractivity contribution >= 4 is 29.0 Å². The van der Waals surface area contributed by atoms with Crippen LogP contribution in [0.5, 0.6) is 0 Å². The standard InChI is InChI=1S/C25H38N8O6/c1-31-7-6-17(11-31)39-25(37)32-8-4-15(5-9-32)10-19-29-22(26)20-23(30-19)33(13-27-20)14-38-21(18(35)12-34)24(36)28-16-2-3-16/h13,15-18,21,34-35H,2-12,14H2,1H3,(H,28,36)(H2,26,29,30)/t17?,18?,21-/m0/s1. The van der Waals surface area contributed by atoms with Gasteiger partial charge >= 0.3 is 6.09 Å². The molecule has 2 unspecified atom stereocenters. The number of imidazole rings is 1. The predicted octanol–water partition coefficient (Wildman–Crippen LogP) is -0.522. The number of fused-ring (bicyclic) bond motifs is 1. The number of nitrogen functional groups attached to an aromatic ring is 1. The molecule has 2 saturated heterocycles. The number of rotatable bonds is 10. The maximum absolute atomic E-state index is 12.6. The van der Waals surface area contributed by atoms with E-state index in [0.29, 0.717) is 36.5 Å². The van der Waals surface area contributed by atoms with Gasteiger partial charge in [-0.2, -0.15) is 0 Å². The highest BCUT2D eigenvalue weighted by atomic mass is 16.6. The number of anilines is 1. The molecule has 2 aliphatic heterocycles. The Kier molecular flexibility index (Phi) is 8.45. The van der Waals surface area contributed by atoms with Crippen LogP contribution in [0, 0.1) is 5.92 Å². The molecule has 2 amide bonds. The smallest absolute Gasteiger partial charge is 0.410 e. The number of hydrogen-bond donors (Lipinski definition) is 4. The highest BCUT2D eigenvalue weighted by Crippen LogP contribution is 2.24. The summed E-state index contributed by atoms with van der Waals surface area (Å²) in [5.74, 6) is 0.625. The van der Waals surface area contributed by atoms with Gasteiger partial charge in [0.2, 0.25) is 0 Å². The number of likely N-dealkylation sites (tertiary alicyclic amines) is 2. The first kappa shape index (κ1) is 27.5. The number of aromatic nitrogens is 4. The molecule has 14 nitrogen and oxygen atoms in total. The average Bonchev–Trinajstić information content (AvgIpc) is 3.49. The maximum Gasteiger partial charge on any atom is 0.410 e. The van der Waals surface area contributed by atoms with E-state index in [9.17, 15) is 19.8 Å². The van der Waals surface area contributed by atoms with Crippen molar-refractivity contribution in [2.24, 2.45) is 5.92 Å². The number of aliphatic hydroxyl groups is 2. The van der Waals surface area contributed by atoms with Gasteiger partial charge < -0.3 is 40.5 Å². The minimum atomic E-state index is -1.36. The Morgan fingerprint density at radius 1 is 1.18 bits per heavy atom. The zero-order chi connectivity index (χ0) is 27.5. The summed E-state index contributed by atoms with van der Waals surface area (Å²) in [6.07, 6.45) is 3.47. The lowest BCUT2D eigenvalue weighted by atomic mass is 9.93. The molecule has 3 fully saturated rings. The van der Waals surface area contributed by atoms with Crippen LogP contribution in [0.4, 0.5) is 10.6 Å². The van der Waals surface area contributed by atoms with Crippen molar-refractivity contribution in [1.29, 1.82) is 0 Å². The lowest BCUT2D eigenvalue weighted by molar-refractivity contribution is -0.147. The fourth-order valence-corrected chi connectivity index (χ4v) is 5.11. The number of nitrogens with zero attached hydrogens (tertiary/aromatic N) is 6. The third-order valence-corrected chi connectivity index (χ3v) is 7.61. The summed E-state index contributed by atoms with van der Waals surface area (Å²) in [7, 11) is 2.03. The Hall–Kier alpha value is -3.07. The van der Waals surface area contributed by atoms with Crippen LogP contribution in [0.25, 0.3) is 11.2 Å². The van der Waals surface area contributed by atoms with Crippen molar-refractivity contribution in [2.45, 2.75) is 69.6 Å². The lowest BCUT2D eigenvalue weighted by Gasteiger charge is -2.31. The number of carbonyl (C=O) groups is 2. The van der Waals surface area contributed by atoms with Crippen molar-refractivity contribution in [3.8, 4) is 0 Å². The summed E-state index contributed by atoms with van der Waals surface area (Å²) >= 11 is 0. The molecule has 2 aromatic heterocycles. The van der Waals surface area contributed by atoms with Crippen LogP contribution in [-0.2, 0) is 27.4 Å². The summed E-state index contributed by atoms with van der Waals surface area (Å²) in [5.41, 5.74) is 7.06. The van der Waals surface area contributed by atoms with Crippen LogP contribution in [0.3, 0.4) is 0 Å². The first-order valence-electron chi connectivity index (χ1n) is 13.6. The summed E-state index contributed by atoms with van der Waals surface area (Å²) in [4.78, 5) is 42.4. The average molecular weight is 547 g/mol.